The summed E-state index contributed by atoms with van der Waals surface area (Å²) in [5.41, 5.74) is 5.51. The van der Waals surface area contributed by atoms with Crippen LogP contribution in [0.1, 0.15) is 98.2 Å². The van der Waals surface area contributed by atoms with Crippen molar-refractivity contribution >= 4 is 29.0 Å². The summed E-state index contributed by atoms with van der Waals surface area (Å²) < 4.78 is 5.56. The van der Waals surface area contributed by atoms with Gasteiger partial charge >= 0.3 is 5.97 Å². The zero-order valence-electron chi connectivity index (χ0n) is 21.7. The largest absolute Gasteiger partial charge is 0.462 e. The van der Waals surface area contributed by atoms with Gasteiger partial charge in [0.2, 0.25) is 0 Å². The number of anilines is 1. The highest BCUT2D eigenvalue weighted by Gasteiger charge is 2.45. The topological polar surface area (TPSA) is 65.7 Å². The van der Waals surface area contributed by atoms with Crippen LogP contribution in [0.4, 0.5) is 5.69 Å². The number of carbonyl (C=O) groups is 1. The van der Waals surface area contributed by atoms with Gasteiger partial charge in [-0.2, -0.15) is 10.4 Å². The summed E-state index contributed by atoms with van der Waals surface area (Å²) in [5.74, 6) is 0.714. The molecule has 1 heterocycles. The summed E-state index contributed by atoms with van der Waals surface area (Å²) in [4.78, 5) is 12.7. The maximum Gasteiger partial charge on any atom is 0.338 e. The molecule has 1 fully saturated rings. The van der Waals surface area contributed by atoms with Gasteiger partial charge in [-0.3, -0.25) is 5.01 Å². The second-order valence-corrected chi connectivity index (χ2v) is 11.1. The maximum absolute atomic E-state index is 12.7. The maximum atomic E-state index is 12.7. The smallest absolute Gasteiger partial charge is 0.338 e. The third-order valence-corrected chi connectivity index (χ3v) is 8.62. The fourth-order valence-corrected chi connectivity index (χ4v) is 6.60. The molecular weight excluding hydrogens is 482 g/mol. The van der Waals surface area contributed by atoms with Crippen LogP contribution in [0, 0.1) is 23.2 Å². The van der Waals surface area contributed by atoms with Crippen LogP contribution in [0.15, 0.2) is 41.5 Å². The van der Waals surface area contributed by atoms with Gasteiger partial charge in [0.1, 0.15) is 6.07 Å². The van der Waals surface area contributed by atoms with E-state index in [1.165, 1.54) is 50.5 Å². The number of ether oxygens (including phenoxy) is 1. The fraction of sp³-hybridized carbons (Fsp3) is 0.516. The predicted molar refractivity (Wildman–Crippen MR) is 148 cm³/mol. The van der Waals surface area contributed by atoms with E-state index in [4.69, 9.17) is 21.4 Å². The molecule has 1 saturated carbocycles. The lowest BCUT2D eigenvalue weighted by Crippen LogP contribution is -2.40. The molecule has 37 heavy (non-hydrogen) atoms. The van der Waals surface area contributed by atoms with E-state index >= 15 is 0 Å². The molecule has 5 rings (SSSR count). The zero-order valence-corrected chi connectivity index (χ0v) is 22.5. The Kier molecular flexibility index (Phi) is 8.15. The molecule has 0 N–H and O–H groups in total. The molecule has 2 aromatic rings. The SMILES string of the molecule is CCCCCCCOC(=O)c1ccc2c(c1)CC[C@H]1C2=NN(c2ccc(C#N)c(Cl)c2)[C@H]1C1CCCC1. The molecule has 0 spiro atoms. The summed E-state index contributed by atoms with van der Waals surface area (Å²) in [7, 11) is 0. The Hall–Kier alpha value is -2.84. The number of benzene rings is 2. The van der Waals surface area contributed by atoms with E-state index in [1.807, 2.05) is 24.3 Å². The van der Waals surface area contributed by atoms with Crippen LogP contribution < -0.4 is 5.01 Å². The van der Waals surface area contributed by atoms with Gasteiger partial charge in [-0.05, 0) is 73.9 Å². The van der Waals surface area contributed by atoms with Gasteiger partial charge in [-0.25, -0.2) is 4.79 Å². The monoisotopic (exact) mass is 517 g/mol. The quantitative estimate of drug-likeness (QED) is 0.252. The number of halogens is 1. The molecule has 0 saturated heterocycles. The second-order valence-electron chi connectivity index (χ2n) is 10.7. The Morgan fingerprint density at radius 3 is 2.68 bits per heavy atom. The Morgan fingerprint density at radius 2 is 1.92 bits per heavy atom. The van der Waals surface area contributed by atoms with E-state index in [9.17, 15) is 10.1 Å². The highest BCUT2D eigenvalue weighted by Crippen LogP contribution is 2.45. The van der Waals surface area contributed by atoms with Crippen LogP contribution in [0.25, 0.3) is 0 Å². The van der Waals surface area contributed by atoms with Gasteiger partial charge in [0.25, 0.3) is 0 Å². The molecule has 0 bridgehead atoms. The number of rotatable bonds is 9. The molecule has 0 aromatic heterocycles. The highest BCUT2D eigenvalue weighted by atomic mass is 35.5. The van der Waals surface area contributed by atoms with Crippen molar-refractivity contribution in [2.75, 3.05) is 11.6 Å². The summed E-state index contributed by atoms with van der Waals surface area (Å²) >= 11 is 6.42. The number of fused-ring (bicyclic) bond motifs is 3. The predicted octanol–water partition coefficient (Wildman–Crippen LogP) is 7.68. The molecular formula is C31H36ClN3O2. The number of aryl methyl sites for hydroxylation is 1. The molecule has 2 atom stereocenters. The first-order valence-electron chi connectivity index (χ1n) is 14.0. The number of esters is 1. The van der Waals surface area contributed by atoms with Crippen LogP contribution in [0.2, 0.25) is 5.02 Å². The molecule has 2 aromatic carbocycles. The van der Waals surface area contributed by atoms with E-state index in [1.54, 1.807) is 6.07 Å². The summed E-state index contributed by atoms with van der Waals surface area (Å²) in [5, 5.41) is 17.2. The lowest BCUT2D eigenvalue weighted by Gasteiger charge is -2.34. The summed E-state index contributed by atoms with van der Waals surface area (Å²) in [6, 6.07) is 14.1. The first-order valence-corrected chi connectivity index (χ1v) is 14.4. The summed E-state index contributed by atoms with van der Waals surface area (Å²) in [6.07, 6.45) is 12.6. The van der Waals surface area contributed by atoms with Crippen LogP contribution in [0.3, 0.4) is 0 Å². The number of nitrogens with zero attached hydrogens (tertiary/aromatic N) is 3. The normalized spacial score (nSPS) is 20.8. The van der Waals surface area contributed by atoms with Crippen LogP contribution in [-0.2, 0) is 11.2 Å². The Morgan fingerprint density at radius 1 is 1.11 bits per heavy atom. The minimum absolute atomic E-state index is 0.230. The standard InChI is InChI=1S/C31H36ClN3O2/c1-2-3-4-5-8-17-37-31(36)23-13-15-26-22(18-23)12-16-27-29(26)34-35(30(27)21-9-6-7-10-21)25-14-11-24(20-33)28(32)19-25/h11,13-15,18-19,21,27,30H,2-10,12,16-17H2,1H3/t27-,30-/m0/s1. The fourth-order valence-electron chi connectivity index (χ4n) is 6.39. The zero-order chi connectivity index (χ0) is 25.8. The van der Waals surface area contributed by atoms with Crippen LogP contribution >= 0.6 is 11.6 Å². The van der Waals surface area contributed by atoms with Gasteiger partial charge in [0.05, 0.1) is 40.2 Å². The van der Waals surface area contributed by atoms with E-state index in [2.05, 4.69) is 24.1 Å². The summed E-state index contributed by atoms with van der Waals surface area (Å²) in [6.45, 7) is 2.68. The number of carbonyl (C=O) groups excluding carboxylic acids is 1. The van der Waals surface area contributed by atoms with Crippen molar-refractivity contribution in [2.45, 2.75) is 83.6 Å². The average Bonchev–Trinajstić information content (AvgIpc) is 3.58. The number of nitriles is 1. The number of hydrazone groups is 1. The Labute approximate surface area is 225 Å². The molecule has 6 heteroatoms. The van der Waals surface area contributed by atoms with Crippen molar-refractivity contribution in [2.24, 2.45) is 16.9 Å². The van der Waals surface area contributed by atoms with Crippen molar-refractivity contribution in [3.63, 3.8) is 0 Å². The number of hydrogen-bond donors (Lipinski definition) is 0. The Bertz CT molecular complexity index is 1210. The van der Waals surface area contributed by atoms with Crippen molar-refractivity contribution in [1.82, 2.24) is 0 Å². The van der Waals surface area contributed by atoms with Gasteiger partial charge < -0.3 is 4.74 Å². The molecule has 5 nitrogen and oxygen atoms in total. The molecule has 3 aliphatic rings. The third kappa shape index (κ3) is 5.41. The van der Waals surface area contributed by atoms with Crippen molar-refractivity contribution < 1.29 is 9.53 Å². The highest BCUT2D eigenvalue weighted by molar-refractivity contribution is 6.32. The van der Waals surface area contributed by atoms with Gasteiger partial charge in [0, 0.05) is 11.5 Å². The van der Waals surface area contributed by atoms with Crippen molar-refractivity contribution in [3.05, 3.63) is 63.7 Å². The molecule has 0 unspecified atom stereocenters. The van der Waals surface area contributed by atoms with E-state index in [0.29, 0.717) is 40.6 Å². The minimum atomic E-state index is -0.230. The van der Waals surface area contributed by atoms with Crippen LogP contribution in [0.5, 0.6) is 0 Å². The molecule has 0 radical (unpaired) electrons. The lowest BCUT2D eigenvalue weighted by atomic mass is 9.75. The molecule has 194 valence electrons. The van der Waals surface area contributed by atoms with Gasteiger partial charge in [0.15, 0.2) is 0 Å². The molecule has 0 amide bonds. The second kappa shape index (κ2) is 11.7. The Balaban J connectivity index is 1.37. The molecule has 2 aliphatic carbocycles. The number of hydrogen-bond acceptors (Lipinski definition) is 5. The van der Waals surface area contributed by atoms with Crippen molar-refractivity contribution in [1.29, 1.82) is 5.26 Å². The third-order valence-electron chi connectivity index (χ3n) is 8.30. The van der Waals surface area contributed by atoms with E-state index < -0.39 is 0 Å². The lowest BCUT2D eigenvalue weighted by molar-refractivity contribution is 0.0497. The number of unbranched alkanes of at least 4 members (excludes halogenated alkanes) is 4. The van der Waals surface area contributed by atoms with Crippen molar-refractivity contribution in [3.8, 4) is 6.07 Å². The van der Waals surface area contributed by atoms with Gasteiger partial charge in [-0.15, -0.1) is 0 Å². The van der Waals surface area contributed by atoms with Gasteiger partial charge in [-0.1, -0.05) is 63.1 Å². The van der Waals surface area contributed by atoms with E-state index in [0.717, 1.165) is 42.6 Å². The first-order chi connectivity index (χ1) is 18.1. The van der Waals surface area contributed by atoms with Crippen LogP contribution in [-0.4, -0.2) is 24.3 Å². The van der Waals surface area contributed by atoms with E-state index in [-0.39, 0.29) is 5.97 Å². The minimum Gasteiger partial charge on any atom is -0.462 e. The molecule has 1 aliphatic heterocycles. The first kappa shape index (κ1) is 25.8. The average molecular weight is 518 g/mol.